The van der Waals surface area contributed by atoms with Crippen LogP contribution in [0, 0.1) is 0 Å². The standard InChI is InChI=1S/C6H13NO4S/c1-2-6(10,11)7-4(3-12)5(8)9/h4,7,10-12H,2-3H2,1H3,(H,8,9). The smallest absolute Gasteiger partial charge is 0.321 e. The number of aliphatic hydroxyl groups is 2. The number of rotatable bonds is 5. The van der Waals surface area contributed by atoms with E-state index < -0.39 is 17.9 Å². The Morgan fingerprint density at radius 2 is 2.17 bits per heavy atom. The second kappa shape index (κ2) is 4.66. The summed E-state index contributed by atoms with van der Waals surface area (Å²) in [5.41, 5.74) is 0. The zero-order chi connectivity index (χ0) is 9.78. The van der Waals surface area contributed by atoms with E-state index in [1.165, 1.54) is 6.92 Å². The van der Waals surface area contributed by atoms with E-state index in [1.807, 2.05) is 0 Å². The molecule has 0 aromatic carbocycles. The summed E-state index contributed by atoms with van der Waals surface area (Å²) in [5, 5.41) is 28.7. The molecule has 72 valence electrons. The molecule has 0 amide bonds. The molecule has 0 aromatic rings. The Morgan fingerprint density at radius 1 is 1.67 bits per heavy atom. The van der Waals surface area contributed by atoms with Crippen molar-refractivity contribution in [3.63, 3.8) is 0 Å². The quantitative estimate of drug-likeness (QED) is 0.287. The number of hydrogen-bond donors (Lipinski definition) is 5. The second-order valence-electron chi connectivity index (χ2n) is 2.39. The van der Waals surface area contributed by atoms with Crippen molar-refractivity contribution in [3.05, 3.63) is 0 Å². The highest BCUT2D eigenvalue weighted by Gasteiger charge is 2.27. The van der Waals surface area contributed by atoms with E-state index in [2.05, 4.69) is 17.9 Å². The molecule has 6 heteroatoms. The largest absolute Gasteiger partial charge is 0.480 e. The molecule has 0 fully saturated rings. The van der Waals surface area contributed by atoms with Gasteiger partial charge in [0.2, 0.25) is 5.91 Å². The molecule has 0 rings (SSSR count). The molecule has 0 aromatic heterocycles. The molecule has 0 spiro atoms. The van der Waals surface area contributed by atoms with Crippen molar-refractivity contribution < 1.29 is 20.1 Å². The van der Waals surface area contributed by atoms with Gasteiger partial charge in [-0.15, -0.1) is 0 Å². The molecule has 4 N–H and O–H groups in total. The first-order valence-electron chi connectivity index (χ1n) is 3.49. The third kappa shape index (κ3) is 3.91. The summed E-state index contributed by atoms with van der Waals surface area (Å²) < 4.78 is 0. The van der Waals surface area contributed by atoms with Crippen LogP contribution in [0.5, 0.6) is 0 Å². The monoisotopic (exact) mass is 195 g/mol. The number of aliphatic carboxylic acids is 1. The van der Waals surface area contributed by atoms with Crippen LogP contribution in [0.4, 0.5) is 0 Å². The first-order valence-corrected chi connectivity index (χ1v) is 4.12. The Hall–Kier alpha value is -0.300. The van der Waals surface area contributed by atoms with Crippen molar-refractivity contribution in [3.8, 4) is 0 Å². The normalized spacial score (nSPS) is 14.3. The van der Waals surface area contributed by atoms with Crippen LogP contribution in [0.3, 0.4) is 0 Å². The molecule has 0 aliphatic rings. The maximum atomic E-state index is 10.4. The van der Waals surface area contributed by atoms with Crippen LogP contribution in [0.1, 0.15) is 13.3 Å². The van der Waals surface area contributed by atoms with Gasteiger partial charge in [0.15, 0.2) is 0 Å². The van der Waals surface area contributed by atoms with E-state index >= 15 is 0 Å². The van der Waals surface area contributed by atoms with Crippen molar-refractivity contribution in [2.75, 3.05) is 5.75 Å². The van der Waals surface area contributed by atoms with E-state index in [9.17, 15) is 4.79 Å². The summed E-state index contributed by atoms with van der Waals surface area (Å²) >= 11 is 3.74. The molecule has 12 heavy (non-hydrogen) atoms. The fraction of sp³-hybridized carbons (Fsp3) is 0.833. The summed E-state index contributed by atoms with van der Waals surface area (Å²) in [6.07, 6.45) is 0.00452. The average molecular weight is 195 g/mol. The summed E-state index contributed by atoms with van der Waals surface area (Å²) in [6, 6.07) is -1.05. The molecule has 1 unspecified atom stereocenters. The molecule has 0 heterocycles. The number of carboxylic acid groups (broad SMARTS) is 1. The van der Waals surface area contributed by atoms with Gasteiger partial charge in [-0.1, -0.05) is 6.92 Å². The Balaban J connectivity index is 4.11. The van der Waals surface area contributed by atoms with Crippen molar-refractivity contribution >= 4 is 18.6 Å². The number of hydrogen-bond acceptors (Lipinski definition) is 5. The van der Waals surface area contributed by atoms with Gasteiger partial charge in [-0.05, 0) is 0 Å². The Labute approximate surface area is 75.8 Å². The first-order chi connectivity index (χ1) is 5.43. The minimum atomic E-state index is -2.13. The van der Waals surface area contributed by atoms with E-state index in [4.69, 9.17) is 15.3 Å². The summed E-state index contributed by atoms with van der Waals surface area (Å²) in [7, 11) is 0. The van der Waals surface area contributed by atoms with Gasteiger partial charge in [-0.25, -0.2) is 0 Å². The number of thiol groups is 1. The van der Waals surface area contributed by atoms with Crippen LogP contribution in [0.25, 0.3) is 0 Å². The SMILES string of the molecule is CCC(O)(O)NC(CS)C(=O)O. The number of nitrogens with one attached hydrogen (secondary N) is 1. The van der Waals surface area contributed by atoms with E-state index in [0.29, 0.717) is 0 Å². The van der Waals surface area contributed by atoms with Gasteiger partial charge < -0.3 is 15.3 Å². The zero-order valence-corrected chi connectivity index (χ0v) is 7.58. The van der Waals surface area contributed by atoms with Crippen LogP contribution in [-0.4, -0.2) is 39.0 Å². The Kier molecular flexibility index (Phi) is 4.54. The van der Waals surface area contributed by atoms with Crippen molar-refractivity contribution in [2.45, 2.75) is 25.3 Å². The minimum absolute atomic E-state index is 0.00178. The van der Waals surface area contributed by atoms with Gasteiger partial charge in [0, 0.05) is 12.2 Å². The lowest BCUT2D eigenvalue weighted by Gasteiger charge is -2.24. The predicted octanol–water partition coefficient (Wildman–Crippen LogP) is -0.993. The Morgan fingerprint density at radius 3 is 2.42 bits per heavy atom. The van der Waals surface area contributed by atoms with E-state index in [1.54, 1.807) is 0 Å². The summed E-state index contributed by atoms with van der Waals surface area (Å²) in [5.74, 6) is -3.30. The topological polar surface area (TPSA) is 89.8 Å². The maximum absolute atomic E-state index is 10.4. The molecule has 1 atom stereocenters. The highest BCUT2D eigenvalue weighted by atomic mass is 32.1. The lowest BCUT2D eigenvalue weighted by Crippen LogP contribution is -2.53. The van der Waals surface area contributed by atoms with E-state index in [0.717, 1.165) is 0 Å². The molecular formula is C6H13NO4S. The number of carboxylic acids is 1. The van der Waals surface area contributed by atoms with Crippen LogP contribution >= 0.6 is 12.6 Å². The summed E-state index contributed by atoms with van der Waals surface area (Å²) in [4.78, 5) is 10.4. The maximum Gasteiger partial charge on any atom is 0.321 e. The molecule has 5 nitrogen and oxygen atoms in total. The molecule has 0 saturated heterocycles. The fourth-order valence-corrected chi connectivity index (χ4v) is 0.814. The number of carbonyl (C=O) groups is 1. The first kappa shape index (κ1) is 11.7. The molecule has 0 aliphatic carbocycles. The summed E-state index contributed by atoms with van der Waals surface area (Å²) in [6.45, 7) is 1.52. The van der Waals surface area contributed by atoms with Crippen molar-refractivity contribution in [1.82, 2.24) is 5.32 Å². The minimum Gasteiger partial charge on any atom is -0.480 e. The van der Waals surface area contributed by atoms with Gasteiger partial charge in [-0.2, -0.15) is 12.6 Å². The molecule has 0 saturated carbocycles. The zero-order valence-electron chi connectivity index (χ0n) is 6.69. The van der Waals surface area contributed by atoms with Crippen LogP contribution in [0.2, 0.25) is 0 Å². The van der Waals surface area contributed by atoms with Crippen molar-refractivity contribution in [2.24, 2.45) is 0 Å². The molecule has 0 radical (unpaired) electrons. The van der Waals surface area contributed by atoms with Gasteiger partial charge >= 0.3 is 5.97 Å². The van der Waals surface area contributed by atoms with Gasteiger partial charge in [-0.3, -0.25) is 10.1 Å². The molecule has 0 bridgehead atoms. The van der Waals surface area contributed by atoms with Crippen molar-refractivity contribution in [1.29, 1.82) is 0 Å². The van der Waals surface area contributed by atoms with Crippen LogP contribution in [0.15, 0.2) is 0 Å². The van der Waals surface area contributed by atoms with Crippen LogP contribution in [-0.2, 0) is 4.79 Å². The highest BCUT2D eigenvalue weighted by Crippen LogP contribution is 2.02. The molecular weight excluding hydrogens is 182 g/mol. The van der Waals surface area contributed by atoms with Gasteiger partial charge in [0.1, 0.15) is 6.04 Å². The molecule has 0 aliphatic heterocycles. The lowest BCUT2D eigenvalue weighted by atomic mass is 10.3. The third-order valence-electron chi connectivity index (χ3n) is 1.38. The van der Waals surface area contributed by atoms with E-state index in [-0.39, 0.29) is 12.2 Å². The average Bonchev–Trinajstić information content (AvgIpc) is 2.00. The Bertz CT molecular complexity index is 162. The fourth-order valence-electron chi connectivity index (χ4n) is 0.567. The lowest BCUT2D eigenvalue weighted by molar-refractivity contribution is -0.195. The van der Waals surface area contributed by atoms with Gasteiger partial charge in [0.25, 0.3) is 0 Å². The highest BCUT2D eigenvalue weighted by molar-refractivity contribution is 7.80. The predicted molar refractivity (Wildman–Crippen MR) is 45.9 cm³/mol. The van der Waals surface area contributed by atoms with Crippen LogP contribution < -0.4 is 5.32 Å². The van der Waals surface area contributed by atoms with Gasteiger partial charge in [0.05, 0.1) is 0 Å². The second-order valence-corrected chi connectivity index (χ2v) is 2.75. The third-order valence-corrected chi connectivity index (χ3v) is 1.74.